The third kappa shape index (κ3) is 3.41. The molecular formula is C22H22N2O2. The maximum Gasteiger partial charge on any atom is 0.257 e. The smallest absolute Gasteiger partial charge is 0.257 e. The number of hydrogen-bond acceptors (Lipinski definition) is 3. The number of rotatable bonds is 4. The summed E-state index contributed by atoms with van der Waals surface area (Å²) in [5.41, 5.74) is 3.20. The summed E-state index contributed by atoms with van der Waals surface area (Å²) in [7, 11) is 0. The minimum atomic E-state index is 0.0503. The van der Waals surface area contributed by atoms with Crippen LogP contribution < -0.4 is 0 Å². The minimum Gasteiger partial charge on any atom is -0.472 e. The topological polar surface area (TPSA) is 36.7 Å². The van der Waals surface area contributed by atoms with E-state index in [0.717, 1.165) is 26.2 Å². The van der Waals surface area contributed by atoms with E-state index in [2.05, 4.69) is 53.4 Å². The van der Waals surface area contributed by atoms with Gasteiger partial charge in [0.25, 0.3) is 5.91 Å². The van der Waals surface area contributed by atoms with Crippen molar-refractivity contribution < 1.29 is 9.21 Å². The molecule has 0 aliphatic carbocycles. The van der Waals surface area contributed by atoms with Crippen LogP contribution in [-0.4, -0.2) is 41.9 Å². The molecule has 1 saturated heterocycles. The third-order valence-corrected chi connectivity index (χ3v) is 4.97. The first-order chi connectivity index (χ1) is 12.8. The van der Waals surface area contributed by atoms with Crippen LogP contribution in [0.3, 0.4) is 0 Å². The Hall–Kier alpha value is -2.85. The molecule has 26 heavy (non-hydrogen) atoms. The number of carbonyl (C=O) groups excluding carboxylic acids is 1. The molecule has 0 saturated carbocycles. The van der Waals surface area contributed by atoms with E-state index in [-0.39, 0.29) is 11.9 Å². The molecule has 3 aromatic rings. The number of carbonyl (C=O) groups is 1. The van der Waals surface area contributed by atoms with Crippen molar-refractivity contribution >= 4 is 5.91 Å². The Morgan fingerprint density at radius 1 is 0.808 bits per heavy atom. The second-order valence-corrected chi connectivity index (χ2v) is 6.56. The molecule has 2 heterocycles. The lowest BCUT2D eigenvalue weighted by Crippen LogP contribution is -2.49. The SMILES string of the molecule is O=C(c1ccoc1)N1CCN(C(c2ccccc2)c2ccccc2)CC1. The standard InChI is InChI=1S/C22H22N2O2/c25-22(20-11-16-26-17-20)24-14-12-23(13-15-24)21(18-7-3-1-4-8-18)19-9-5-2-6-10-19/h1-11,16-17,21H,12-15H2. The maximum atomic E-state index is 12.5. The van der Waals surface area contributed by atoms with Crippen LogP contribution in [0.25, 0.3) is 0 Å². The van der Waals surface area contributed by atoms with Gasteiger partial charge >= 0.3 is 0 Å². The lowest BCUT2D eigenvalue weighted by atomic mass is 9.96. The van der Waals surface area contributed by atoms with Gasteiger partial charge in [-0.1, -0.05) is 60.7 Å². The first-order valence-electron chi connectivity index (χ1n) is 8.98. The number of furan rings is 1. The predicted molar refractivity (Wildman–Crippen MR) is 101 cm³/mol. The average molecular weight is 346 g/mol. The summed E-state index contributed by atoms with van der Waals surface area (Å²) in [6.07, 6.45) is 3.07. The van der Waals surface area contributed by atoms with Crippen LogP contribution in [-0.2, 0) is 0 Å². The Kier molecular flexibility index (Phi) is 4.84. The number of benzene rings is 2. The first-order valence-corrected chi connectivity index (χ1v) is 8.98. The van der Waals surface area contributed by atoms with Crippen LogP contribution in [0.2, 0.25) is 0 Å². The summed E-state index contributed by atoms with van der Waals surface area (Å²) in [6, 6.07) is 23.1. The summed E-state index contributed by atoms with van der Waals surface area (Å²) in [5, 5.41) is 0. The molecule has 4 heteroatoms. The van der Waals surface area contributed by atoms with Gasteiger partial charge in [-0.25, -0.2) is 0 Å². The summed E-state index contributed by atoms with van der Waals surface area (Å²) < 4.78 is 5.04. The molecule has 0 spiro atoms. The van der Waals surface area contributed by atoms with Gasteiger partial charge in [-0.15, -0.1) is 0 Å². The van der Waals surface area contributed by atoms with Crippen molar-refractivity contribution in [1.29, 1.82) is 0 Å². The molecule has 0 atom stereocenters. The van der Waals surface area contributed by atoms with Crippen molar-refractivity contribution in [2.45, 2.75) is 6.04 Å². The van der Waals surface area contributed by atoms with Gasteiger partial charge in [-0.3, -0.25) is 9.69 Å². The third-order valence-electron chi connectivity index (χ3n) is 4.97. The van der Waals surface area contributed by atoms with E-state index >= 15 is 0 Å². The van der Waals surface area contributed by atoms with Crippen LogP contribution >= 0.6 is 0 Å². The summed E-state index contributed by atoms with van der Waals surface area (Å²) in [4.78, 5) is 16.9. The zero-order chi connectivity index (χ0) is 17.8. The highest BCUT2D eigenvalue weighted by Crippen LogP contribution is 2.29. The molecule has 0 bridgehead atoms. The lowest BCUT2D eigenvalue weighted by molar-refractivity contribution is 0.0596. The van der Waals surface area contributed by atoms with Crippen molar-refractivity contribution in [3.63, 3.8) is 0 Å². The molecule has 1 aliphatic heterocycles. The summed E-state index contributed by atoms with van der Waals surface area (Å²) in [6.45, 7) is 3.14. The zero-order valence-corrected chi connectivity index (χ0v) is 14.6. The van der Waals surface area contributed by atoms with Gasteiger partial charge in [0, 0.05) is 26.2 Å². The van der Waals surface area contributed by atoms with Gasteiger partial charge in [0.2, 0.25) is 0 Å². The molecule has 0 unspecified atom stereocenters. The second-order valence-electron chi connectivity index (χ2n) is 6.56. The van der Waals surface area contributed by atoms with Gasteiger partial charge < -0.3 is 9.32 Å². The van der Waals surface area contributed by atoms with Gasteiger partial charge in [-0.2, -0.15) is 0 Å². The van der Waals surface area contributed by atoms with E-state index in [1.165, 1.54) is 17.4 Å². The Labute approximate surface area is 153 Å². The van der Waals surface area contributed by atoms with E-state index < -0.39 is 0 Å². The van der Waals surface area contributed by atoms with Crippen molar-refractivity contribution in [3.8, 4) is 0 Å². The molecule has 1 amide bonds. The fourth-order valence-corrected chi connectivity index (χ4v) is 3.64. The number of amides is 1. The van der Waals surface area contributed by atoms with E-state index in [0.29, 0.717) is 5.56 Å². The number of hydrogen-bond donors (Lipinski definition) is 0. The van der Waals surface area contributed by atoms with Crippen LogP contribution in [0.15, 0.2) is 83.7 Å². The molecule has 132 valence electrons. The predicted octanol–water partition coefficient (Wildman–Crippen LogP) is 3.83. The molecule has 1 aliphatic rings. The van der Waals surface area contributed by atoms with Crippen molar-refractivity contribution in [1.82, 2.24) is 9.80 Å². The summed E-state index contributed by atoms with van der Waals surface area (Å²) in [5.74, 6) is 0.0503. The monoisotopic (exact) mass is 346 g/mol. The fraction of sp³-hybridized carbons (Fsp3) is 0.227. The normalized spacial score (nSPS) is 15.3. The van der Waals surface area contributed by atoms with Crippen molar-refractivity contribution in [3.05, 3.63) is 95.9 Å². The highest BCUT2D eigenvalue weighted by atomic mass is 16.3. The highest BCUT2D eigenvalue weighted by molar-refractivity contribution is 5.93. The van der Waals surface area contributed by atoms with Crippen LogP contribution in [0.5, 0.6) is 0 Å². The molecule has 4 rings (SSSR count). The maximum absolute atomic E-state index is 12.5. The largest absolute Gasteiger partial charge is 0.472 e. The first kappa shape index (κ1) is 16.6. The molecule has 0 radical (unpaired) electrons. The van der Waals surface area contributed by atoms with Gasteiger partial charge in [-0.05, 0) is 17.2 Å². The molecule has 2 aromatic carbocycles. The number of piperazine rings is 1. The van der Waals surface area contributed by atoms with Crippen LogP contribution in [0.1, 0.15) is 27.5 Å². The molecule has 4 nitrogen and oxygen atoms in total. The second kappa shape index (κ2) is 7.58. The Morgan fingerprint density at radius 2 is 1.38 bits per heavy atom. The van der Waals surface area contributed by atoms with Crippen LogP contribution in [0.4, 0.5) is 0 Å². The van der Waals surface area contributed by atoms with E-state index in [4.69, 9.17) is 4.42 Å². The van der Waals surface area contributed by atoms with Crippen LogP contribution in [0, 0.1) is 0 Å². The zero-order valence-electron chi connectivity index (χ0n) is 14.6. The van der Waals surface area contributed by atoms with Crippen molar-refractivity contribution in [2.24, 2.45) is 0 Å². The van der Waals surface area contributed by atoms with Gasteiger partial charge in [0.05, 0.1) is 17.9 Å². The average Bonchev–Trinajstić information content (AvgIpc) is 3.25. The van der Waals surface area contributed by atoms with Crippen molar-refractivity contribution in [2.75, 3.05) is 26.2 Å². The van der Waals surface area contributed by atoms with Gasteiger partial charge in [0.1, 0.15) is 6.26 Å². The molecule has 1 fully saturated rings. The molecule has 0 N–H and O–H groups in total. The molecular weight excluding hydrogens is 324 g/mol. The highest BCUT2D eigenvalue weighted by Gasteiger charge is 2.28. The van der Waals surface area contributed by atoms with E-state index in [1.54, 1.807) is 12.3 Å². The summed E-state index contributed by atoms with van der Waals surface area (Å²) >= 11 is 0. The lowest BCUT2D eigenvalue weighted by Gasteiger charge is -2.39. The van der Waals surface area contributed by atoms with E-state index in [9.17, 15) is 4.79 Å². The Balaban J connectivity index is 1.52. The van der Waals surface area contributed by atoms with E-state index in [1.807, 2.05) is 17.0 Å². The van der Waals surface area contributed by atoms with Gasteiger partial charge in [0.15, 0.2) is 0 Å². The Bertz CT molecular complexity index is 784. The number of nitrogens with zero attached hydrogens (tertiary/aromatic N) is 2. The quantitative estimate of drug-likeness (QED) is 0.720. The fourth-order valence-electron chi connectivity index (χ4n) is 3.64. The Morgan fingerprint density at radius 3 is 1.88 bits per heavy atom. The minimum absolute atomic E-state index is 0.0503. The molecule has 1 aromatic heterocycles.